The highest BCUT2D eigenvalue weighted by Crippen LogP contribution is 2.18. The minimum atomic E-state index is -0.968. The van der Waals surface area contributed by atoms with Gasteiger partial charge in [-0.05, 0) is 44.2 Å². The normalized spacial score (nSPS) is 11.8. The van der Waals surface area contributed by atoms with Gasteiger partial charge in [0.2, 0.25) is 0 Å². The first-order valence-electron chi connectivity index (χ1n) is 8.26. The zero-order valence-electron chi connectivity index (χ0n) is 14.5. The van der Waals surface area contributed by atoms with Crippen LogP contribution in [0.25, 0.3) is 10.9 Å². The van der Waals surface area contributed by atoms with Crippen LogP contribution in [-0.2, 0) is 9.53 Å². The van der Waals surface area contributed by atoms with Crippen LogP contribution in [0.3, 0.4) is 0 Å². The molecule has 0 bridgehead atoms. The predicted molar refractivity (Wildman–Crippen MR) is 97.2 cm³/mol. The molecule has 0 aliphatic heterocycles. The fraction of sp³-hybridized carbons (Fsp3) is 0.211. The molecule has 7 nitrogen and oxygen atoms in total. The number of amides is 1. The van der Waals surface area contributed by atoms with E-state index in [9.17, 15) is 9.59 Å². The summed E-state index contributed by atoms with van der Waals surface area (Å²) in [5.41, 5.74) is 1.47. The van der Waals surface area contributed by atoms with Crippen molar-refractivity contribution in [2.75, 3.05) is 11.9 Å². The monoisotopic (exact) mass is 353 g/mol. The van der Waals surface area contributed by atoms with Gasteiger partial charge in [0.05, 0.1) is 12.1 Å². The van der Waals surface area contributed by atoms with Gasteiger partial charge in [-0.1, -0.05) is 18.2 Å². The SMILES string of the molecule is CCOc1ccc(NC(=O)C(C)OC(=O)c2n[nH]c3ccccc23)cc1. The molecule has 0 saturated heterocycles. The molecular formula is C19H19N3O4. The van der Waals surface area contributed by atoms with Crippen LogP contribution < -0.4 is 10.1 Å². The second-order valence-corrected chi connectivity index (χ2v) is 5.61. The number of hydrogen-bond donors (Lipinski definition) is 2. The minimum Gasteiger partial charge on any atom is -0.494 e. The summed E-state index contributed by atoms with van der Waals surface area (Å²) < 4.78 is 10.6. The first-order chi connectivity index (χ1) is 12.6. The van der Waals surface area contributed by atoms with E-state index in [0.717, 1.165) is 11.3 Å². The molecule has 26 heavy (non-hydrogen) atoms. The van der Waals surface area contributed by atoms with Crippen molar-refractivity contribution in [2.24, 2.45) is 0 Å². The summed E-state index contributed by atoms with van der Waals surface area (Å²) >= 11 is 0. The Labute approximate surface area is 150 Å². The van der Waals surface area contributed by atoms with Crippen molar-refractivity contribution in [1.29, 1.82) is 0 Å². The standard InChI is InChI=1S/C19H19N3O4/c1-3-25-14-10-8-13(9-11-14)20-18(23)12(2)26-19(24)17-15-6-4-5-7-16(15)21-22-17/h4-12H,3H2,1-2H3,(H,20,23)(H,21,22). The zero-order valence-corrected chi connectivity index (χ0v) is 14.5. The summed E-state index contributed by atoms with van der Waals surface area (Å²) in [6.07, 6.45) is -0.968. The lowest BCUT2D eigenvalue weighted by atomic mass is 10.2. The average Bonchev–Trinajstić information content (AvgIpc) is 3.07. The summed E-state index contributed by atoms with van der Waals surface area (Å²) in [4.78, 5) is 24.5. The Morgan fingerprint density at radius 1 is 1.15 bits per heavy atom. The van der Waals surface area contributed by atoms with Gasteiger partial charge in [-0.15, -0.1) is 0 Å². The number of esters is 1. The topological polar surface area (TPSA) is 93.3 Å². The summed E-state index contributed by atoms with van der Waals surface area (Å²) in [6.45, 7) is 3.98. The number of nitrogens with zero attached hydrogens (tertiary/aromatic N) is 1. The molecule has 0 radical (unpaired) electrons. The second-order valence-electron chi connectivity index (χ2n) is 5.61. The molecule has 0 aliphatic carbocycles. The molecule has 3 aromatic rings. The highest BCUT2D eigenvalue weighted by atomic mass is 16.5. The quantitative estimate of drug-likeness (QED) is 0.664. The number of fused-ring (bicyclic) bond motifs is 1. The van der Waals surface area contributed by atoms with Gasteiger partial charge < -0.3 is 14.8 Å². The Balaban J connectivity index is 1.62. The first kappa shape index (κ1) is 17.5. The molecule has 2 N–H and O–H groups in total. The maximum Gasteiger partial charge on any atom is 0.360 e. The van der Waals surface area contributed by atoms with Crippen LogP contribution in [0.2, 0.25) is 0 Å². The predicted octanol–water partition coefficient (Wildman–Crippen LogP) is 3.15. The third-order valence-electron chi connectivity index (χ3n) is 3.75. The summed E-state index contributed by atoms with van der Waals surface area (Å²) in [5.74, 6) is -0.366. The van der Waals surface area contributed by atoms with E-state index in [1.165, 1.54) is 6.92 Å². The smallest absolute Gasteiger partial charge is 0.360 e. The van der Waals surface area contributed by atoms with Gasteiger partial charge >= 0.3 is 5.97 Å². The van der Waals surface area contributed by atoms with E-state index in [-0.39, 0.29) is 5.69 Å². The van der Waals surface area contributed by atoms with Crippen LogP contribution in [0.5, 0.6) is 5.75 Å². The second kappa shape index (κ2) is 7.69. The Kier molecular flexibility index (Phi) is 5.17. The number of H-pyrrole nitrogens is 1. The number of aromatic amines is 1. The van der Waals surface area contributed by atoms with Crippen LogP contribution in [-0.4, -0.2) is 34.8 Å². The number of benzene rings is 2. The van der Waals surface area contributed by atoms with Crippen molar-refractivity contribution in [1.82, 2.24) is 10.2 Å². The number of carbonyl (C=O) groups is 2. The average molecular weight is 353 g/mol. The molecule has 1 atom stereocenters. The van der Waals surface area contributed by atoms with E-state index >= 15 is 0 Å². The van der Waals surface area contributed by atoms with E-state index in [2.05, 4.69) is 15.5 Å². The van der Waals surface area contributed by atoms with Gasteiger partial charge in [-0.3, -0.25) is 9.89 Å². The van der Waals surface area contributed by atoms with Crippen LogP contribution in [0, 0.1) is 0 Å². The fourth-order valence-electron chi connectivity index (χ4n) is 2.43. The third kappa shape index (κ3) is 3.83. The molecule has 0 spiro atoms. The lowest BCUT2D eigenvalue weighted by Crippen LogP contribution is -2.30. The fourth-order valence-corrected chi connectivity index (χ4v) is 2.43. The number of rotatable bonds is 6. The molecular weight excluding hydrogens is 334 g/mol. The Morgan fingerprint density at radius 3 is 2.62 bits per heavy atom. The van der Waals surface area contributed by atoms with Crippen molar-refractivity contribution >= 4 is 28.5 Å². The van der Waals surface area contributed by atoms with Gasteiger partial charge in [0, 0.05) is 11.1 Å². The van der Waals surface area contributed by atoms with Crippen molar-refractivity contribution < 1.29 is 19.1 Å². The van der Waals surface area contributed by atoms with E-state index in [1.807, 2.05) is 13.0 Å². The number of aromatic nitrogens is 2. The third-order valence-corrected chi connectivity index (χ3v) is 3.75. The molecule has 1 aromatic heterocycles. The van der Waals surface area contributed by atoms with Crippen LogP contribution in [0.4, 0.5) is 5.69 Å². The van der Waals surface area contributed by atoms with Crippen molar-refractivity contribution in [3.05, 3.63) is 54.2 Å². The molecule has 1 amide bonds. The molecule has 0 saturated carbocycles. The largest absolute Gasteiger partial charge is 0.494 e. The zero-order chi connectivity index (χ0) is 18.5. The molecule has 1 unspecified atom stereocenters. The summed E-state index contributed by atoms with van der Waals surface area (Å²) in [5, 5.41) is 10.1. The molecule has 0 fully saturated rings. The van der Waals surface area contributed by atoms with Crippen molar-refractivity contribution in [3.63, 3.8) is 0 Å². The maximum absolute atomic E-state index is 12.3. The lowest BCUT2D eigenvalue weighted by Gasteiger charge is -2.13. The van der Waals surface area contributed by atoms with Crippen molar-refractivity contribution in [3.8, 4) is 5.75 Å². The maximum atomic E-state index is 12.3. The summed E-state index contributed by atoms with van der Waals surface area (Å²) in [6, 6.07) is 14.2. The number of carbonyl (C=O) groups excluding carboxylic acids is 2. The van der Waals surface area contributed by atoms with Crippen LogP contribution >= 0.6 is 0 Å². The molecule has 7 heteroatoms. The summed E-state index contributed by atoms with van der Waals surface area (Å²) in [7, 11) is 0. The van der Waals surface area contributed by atoms with E-state index < -0.39 is 18.0 Å². The number of nitrogens with one attached hydrogen (secondary N) is 2. The van der Waals surface area contributed by atoms with Crippen molar-refractivity contribution in [2.45, 2.75) is 20.0 Å². The van der Waals surface area contributed by atoms with Gasteiger partial charge in [0.25, 0.3) is 5.91 Å². The minimum absolute atomic E-state index is 0.154. The molecule has 3 rings (SSSR count). The lowest BCUT2D eigenvalue weighted by molar-refractivity contribution is -0.123. The van der Waals surface area contributed by atoms with E-state index in [4.69, 9.17) is 9.47 Å². The number of ether oxygens (including phenoxy) is 2. The van der Waals surface area contributed by atoms with Gasteiger partial charge in [-0.25, -0.2) is 4.79 Å². The Morgan fingerprint density at radius 2 is 1.88 bits per heavy atom. The number of anilines is 1. The molecule has 0 aliphatic rings. The highest BCUT2D eigenvalue weighted by Gasteiger charge is 2.22. The number of hydrogen-bond acceptors (Lipinski definition) is 5. The van der Waals surface area contributed by atoms with Gasteiger partial charge in [0.1, 0.15) is 5.75 Å². The Bertz CT molecular complexity index is 918. The number of para-hydroxylation sites is 1. The first-order valence-corrected chi connectivity index (χ1v) is 8.26. The highest BCUT2D eigenvalue weighted by molar-refractivity contribution is 6.03. The van der Waals surface area contributed by atoms with Crippen LogP contribution in [0.15, 0.2) is 48.5 Å². The molecule has 134 valence electrons. The van der Waals surface area contributed by atoms with E-state index in [1.54, 1.807) is 42.5 Å². The van der Waals surface area contributed by atoms with Crippen LogP contribution in [0.1, 0.15) is 24.3 Å². The van der Waals surface area contributed by atoms with Gasteiger partial charge in [-0.2, -0.15) is 5.10 Å². The van der Waals surface area contributed by atoms with Gasteiger partial charge in [0.15, 0.2) is 11.8 Å². The van der Waals surface area contributed by atoms with E-state index in [0.29, 0.717) is 17.7 Å². The molecule has 2 aromatic carbocycles. The molecule has 1 heterocycles. The Hall–Kier alpha value is -3.35.